The fraction of sp³-hybridized carbons (Fsp3) is 0.417. The second-order valence-electron chi connectivity index (χ2n) is 4.19. The summed E-state index contributed by atoms with van der Waals surface area (Å²) >= 11 is 6.05. The number of ketones is 1. The number of Topliss-reactive ketones (excluding diaryl/α,β-unsaturated/α-hetero) is 1. The zero-order valence-corrected chi connectivity index (χ0v) is 9.97. The Morgan fingerprint density at radius 2 is 2.38 bits per heavy atom. The summed E-state index contributed by atoms with van der Waals surface area (Å²) in [5, 5.41) is 10.2. The third-order valence-corrected chi connectivity index (χ3v) is 3.05. The number of phenolic OH excluding ortho intramolecular Hbond substituents is 1. The predicted octanol–water partition coefficient (Wildman–Crippen LogP) is 2.50. The number of carbonyl (C=O) groups is 1. The van der Waals surface area contributed by atoms with E-state index in [9.17, 15) is 9.90 Å². The summed E-state index contributed by atoms with van der Waals surface area (Å²) in [7, 11) is 0. The fourth-order valence-electron chi connectivity index (χ4n) is 1.95. The summed E-state index contributed by atoms with van der Waals surface area (Å²) in [6.07, 6.45) is 0.943. The normalized spacial score (nSPS) is 18.1. The van der Waals surface area contributed by atoms with Crippen molar-refractivity contribution in [3.8, 4) is 11.5 Å². The van der Waals surface area contributed by atoms with Gasteiger partial charge in [-0.25, -0.2) is 0 Å². The third-order valence-electron chi connectivity index (χ3n) is 2.64. The van der Waals surface area contributed by atoms with Crippen molar-refractivity contribution in [2.24, 2.45) is 0 Å². The van der Waals surface area contributed by atoms with Crippen molar-refractivity contribution in [3.05, 3.63) is 22.2 Å². The number of benzene rings is 1. The van der Waals surface area contributed by atoms with E-state index in [4.69, 9.17) is 16.3 Å². The highest BCUT2D eigenvalue weighted by molar-refractivity contribution is 6.33. The molecule has 1 aliphatic rings. The van der Waals surface area contributed by atoms with Crippen molar-refractivity contribution < 1.29 is 14.6 Å². The second-order valence-corrected chi connectivity index (χ2v) is 4.56. The van der Waals surface area contributed by atoms with Gasteiger partial charge in [0.25, 0.3) is 0 Å². The summed E-state index contributed by atoms with van der Waals surface area (Å²) < 4.78 is 5.56. The summed E-state index contributed by atoms with van der Waals surface area (Å²) in [4.78, 5) is 11.0. The number of carbonyl (C=O) groups excluding carboxylic acids is 1. The van der Waals surface area contributed by atoms with Gasteiger partial charge in [-0.15, -0.1) is 0 Å². The Kier molecular flexibility index (Phi) is 2.80. The van der Waals surface area contributed by atoms with Crippen LogP contribution in [-0.4, -0.2) is 17.0 Å². The second kappa shape index (κ2) is 3.98. The van der Waals surface area contributed by atoms with Gasteiger partial charge in [-0.3, -0.25) is 4.79 Å². The Balaban J connectivity index is 2.47. The van der Waals surface area contributed by atoms with Crippen LogP contribution in [0, 0.1) is 0 Å². The molecule has 1 N–H and O–H groups in total. The number of rotatable bonds is 2. The molecule has 0 aromatic heterocycles. The molecule has 4 heteroatoms. The van der Waals surface area contributed by atoms with Crippen molar-refractivity contribution in [1.29, 1.82) is 0 Å². The quantitative estimate of drug-likeness (QED) is 0.864. The number of halogens is 1. The van der Waals surface area contributed by atoms with Crippen LogP contribution in [0.25, 0.3) is 0 Å². The van der Waals surface area contributed by atoms with E-state index in [1.807, 2.05) is 6.92 Å². The number of fused-ring (bicyclic) bond motifs is 1. The van der Waals surface area contributed by atoms with Gasteiger partial charge in [-0.1, -0.05) is 11.6 Å². The number of aromatic hydroxyl groups is 1. The molecule has 1 heterocycles. The van der Waals surface area contributed by atoms with Crippen LogP contribution in [-0.2, 0) is 17.6 Å². The van der Waals surface area contributed by atoms with E-state index in [-0.39, 0.29) is 24.1 Å². The minimum Gasteiger partial charge on any atom is -0.506 e. The maximum absolute atomic E-state index is 11.0. The van der Waals surface area contributed by atoms with Gasteiger partial charge in [0.05, 0.1) is 5.02 Å². The van der Waals surface area contributed by atoms with Crippen LogP contribution < -0.4 is 4.74 Å². The van der Waals surface area contributed by atoms with E-state index in [1.54, 1.807) is 6.07 Å². The lowest BCUT2D eigenvalue weighted by Gasteiger charge is -2.09. The molecule has 0 fully saturated rings. The molecule has 2 rings (SSSR count). The molecule has 0 bridgehead atoms. The molecule has 0 saturated heterocycles. The van der Waals surface area contributed by atoms with E-state index >= 15 is 0 Å². The maximum atomic E-state index is 11.0. The van der Waals surface area contributed by atoms with Gasteiger partial charge in [-0.05, 0) is 19.9 Å². The van der Waals surface area contributed by atoms with E-state index in [1.165, 1.54) is 6.92 Å². The van der Waals surface area contributed by atoms with Gasteiger partial charge in [-0.2, -0.15) is 0 Å². The van der Waals surface area contributed by atoms with E-state index in [0.717, 1.165) is 5.56 Å². The molecule has 0 saturated carbocycles. The highest BCUT2D eigenvalue weighted by Gasteiger charge is 2.25. The van der Waals surface area contributed by atoms with Gasteiger partial charge in [0.15, 0.2) is 0 Å². The Hall–Kier alpha value is -1.22. The first kappa shape index (κ1) is 11.3. The molecule has 1 aromatic carbocycles. The summed E-state index contributed by atoms with van der Waals surface area (Å²) in [5.74, 6) is 0.678. The number of hydrogen-bond acceptors (Lipinski definition) is 3. The molecule has 3 nitrogen and oxygen atoms in total. The monoisotopic (exact) mass is 240 g/mol. The molecule has 1 unspecified atom stereocenters. The maximum Gasteiger partial charge on any atom is 0.138 e. The van der Waals surface area contributed by atoms with Crippen molar-refractivity contribution in [2.45, 2.75) is 32.8 Å². The first-order chi connectivity index (χ1) is 7.49. The standard InChI is InChI=1S/C12H13ClO3/c1-6(14)3-8-5-10-9(4-7(2)16-10)11(13)12(8)15/h5,7,15H,3-4H2,1-2H3. The molecular weight excluding hydrogens is 228 g/mol. The van der Waals surface area contributed by atoms with E-state index in [2.05, 4.69) is 0 Å². The molecule has 0 aliphatic carbocycles. The van der Waals surface area contributed by atoms with Gasteiger partial charge >= 0.3 is 0 Å². The molecule has 86 valence electrons. The zero-order valence-electron chi connectivity index (χ0n) is 9.21. The first-order valence-electron chi connectivity index (χ1n) is 5.18. The fourth-order valence-corrected chi connectivity index (χ4v) is 2.24. The Morgan fingerprint density at radius 1 is 1.69 bits per heavy atom. The minimum atomic E-state index is -0.0163. The highest BCUT2D eigenvalue weighted by Crippen LogP contribution is 2.42. The first-order valence-corrected chi connectivity index (χ1v) is 5.56. The lowest BCUT2D eigenvalue weighted by Crippen LogP contribution is -2.05. The minimum absolute atomic E-state index is 0.00770. The predicted molar refractivity (Wildman–Crippen MR) is 61.3 cm³/mol. The summed E-state index contributed by atoms with van der Waals surface area (Å²) in [6, 6.07) is 1.71. The average Bonchev–Trinajstić information content (AvgIpc) is 2.54. The molecule has 1 atom stereocenters. The molecule has 0 radical (unpaired) electrons. The van der Waals surface area contributed by atoms with Crippen LogP contribution in [0.1, 0.15) is 25.0 Å². The third kappa shape index (κ3) is 1.87. The smallest absolute Gasteiger partial charge is 0.138 e. The number of phenols is 1. The topological polar surface area (TPSA) is 46.5 Å². The lowest BCUT2D eigenvalue weighted by molar-refractivity contribution is -0.116. The number of ether oxygens (including phenoxy) is 1. The van der Waals surface area contributed by atoms with Crippen LogP contribution in [0.3, 0.4) is 0 Å². The summed E-state index contributed by atoms with van der Waals surface area (Å²) in [5.41, 5.74) is 1.37. The zero-order chi connectivity index (χ0) is 11.9. The highest BCUT2D eigenvalue weighted by atomic mass is 35.5. The SMILES string of the molecule is CC(=O)Cc1cc2c(c(Cl)c1O)CC(C)O2. The van der Waals surface area contributed by atoms with Gasteiger partial charge in [0.2, 0.25) is 0 Å². The molecule has 1 aliphatic heterocycles. The van der Waals surface area contributed by atoms with E-state index in [0.29, 0.717) is 22.8 Å². The Bertz CT molecular complexity index is 454. The average molecular weight is 241 g/mol. The molecule has 16 heavy (non-hydrogen) atoms. The van der Waals surface area contributed by atoms with Crippen LogP contribution in [0.4, 0.5) is 0 Å². The largest absolute Gasteiger partial charge is 0.506 e. The molecular formula is C12H13ClO3. The Morgan fingerprint density at radius 3 is 3.00 bits per heavy atom. The van der Waals surface area contributed by atoms with Crippen molar-refractivity contribution in [1.82, 2.24) is 0 Å². The number of hydrogen-bond donors (Lipinski definition) is 1. The lowest BCUT2D eigenvalue weighted by atomic mass is 10.0. The van der Waals surface area contributed by atoms with Gasteiger partial charge in [0, 0.05) is 24.0 Å². The molecule has 1 aromatic rings. The van der Waals surface area contributed by atoms with Gasteiger partial charge in [0.1, 0.15) is 23.4 Å². The van der Waals surface area contributed by atoms with Crippen LogP contribution in [0.15, 0.2) is 6.07 Å². The van der Waals surface area contributed by atoms with Crippen LogP contribution in [0.5, 0.6) is 11.5 Å². The molecule has 0 spiro atoms. The summed E-state index contributed by atoms with van der Waals surface area (Å²) in [6.45, 7) is 3.42. The van der Waals surface area contributed by atoms with Crippen LogP contribution >= 0.6 is 11.6 Å². The Labute approximate surface area is 99.0 Å². The molecule has 0 amide bonds. The van der Waals surface area contributed by atoms with Crippen molar-refractivity contribution >= 4 is 17.4 Å². The van der Waals surface area contributed by atoms with Crippen LogP contribution in [0.2, 0.25) is 5.02 Å². The van der Waals surface area contributed by atoms with Crippen molar-refractivity contribution in [3.63, 3.8) is 0 Å². The van der Waals surface area contributed by atoms with Gasteiger partial charge < -0.3 is 9.84 Å². The van der Waals surface area contributed by atoms with E-state index < -0.39 is 0 Å². The van der Waals surface area contributed by atoms with Crippen molar-refractivity contribution in [2.75, 3.05) is 0 Å².